The van der Waals surface area contributed by atoms with Gasteiger partial charge < -0.3 is 10.2 Å². The fraction of sp³-hybridized carbons (Fsp3) is 0.857. The second-order valence-electron chi connectivity index (χ2n) is 9.59. The average molecular weight is 332 g/mol. The van der Waals surface area contributed by atoms with Gasteiger partial charge in [-0.2, -0.15) is 0 Å². The zero-order chi connectivity index (χ0) is 17.3. The van der Waals surface area contributed by atoms with Crippen molar-refractivity contribution in [3.05, 3.63) is 11.6 Å². The van der Waals surface area contributed by atoms with Crippen LogP contribution in [0.2, 0.25) is 0 Å². The van der Waals surface area contributed by atoms with Crippen LogP contribution < -0.4 is 0 Å². The van der Waals surface area contributed by atoms with E-state index in [0.29, 0.717) is 24.2 Å². The van der Waals surface area contributed by atoms with Gasteiger partial charge in [0.15, 0.2) is 5.78 Å². The highest BCUT2D eigenvalue weighted by molar-refractivity contribution is 5.91. The van der Waals surface area contributed by atoms with Gasteiger partial charge in [-0.15, -0.1) is 0 Å². The van der Waals surface area contributed by atoms with Crippen LogP contribution in [0.4, 0.5) is 0 Å². The first kappa shape index (κ1) is 16.8. The summed E-state index contributed by atoms with van der Waals surface area (Å²) in [5.74, 6) is 2.03. The van der Waals surface area contributed by atoms with E-state index < -0.39 is 0 Å². The number of fused-ring (bicyclic) bond motifs is 5. The number of ketones is 1. The summed E-state index contributed by atoms with van der Waals surface area (Å²) in [6, 6.07) is 0. The number of rotatable bonds is 1. The lowest BCUT2D eigenvalue weighted by molar-refractivity contribution is -0.140. The summed E-state index contributed by atoms with van der Waals surface area (Å²) in [6.07, 6.45) is 8.04. The third-order valence-electron chi connectivity index (χ3n) is 8.55. The minimum absolute atomic E-state index is 0.000487. The second-order valence-corrected chi connectivity index (χ2v) is 9.59. The molecule has 8 atom stereocenters. The normalized spacial score (nSPS) is 52.1. The molecule has 0 spiro atoms. The van der Waals surface area contributed by atoms with Gasteiger partial charge in [0.05, 0.1) is 12.2 Å². The Hall–Kier alpha value is -0.670. The van der Waals surface area contributed by atoms with Crippen molar-refractivity contribution in [3.63, 3.8) is 0 Å². The molecular formula is C21H32O3. The lowest BCUT2D eigenvalue weighted by atomic mass is 9.46. The van der Waals surface area contributed by atoms with Crippen molar-refractivity contribution in [1.29, 1.82) is 0 Å². The Bertz CT molecular complexity index is 580. The van der Waals surface area contributed by atoms with Crippen LogP contribution in [0.1, 0.15) is 65.7 Å². The molecule has 4 aliphatic rings. The summed E-state index contributed by atoms with van der Waals surface area (Å²) in [5.41, 5.74) is 1.37. The Morgan fingerprint density at radius 1 is 1.21 bits per heavy atom. The van der Waals surface area contributed by atoms with Crippen molar-refractivity contribution in [3.8, 4) is 0 Å². The number of carbonyl (C=O) groups excluding carboxylic acids is 1. The molecule has 0 saturated heterocycles. The SMILES string of the molecule is CC(O)[C@H]1CCC2C3CCC4=CC(=O)CC[C@]4(C)C3[C@@H](O)C[C@@]21C. The van der Waals surface area contributed by atoms with Crippen LogP contribution in [0.3, 0.4) is 0 Å². The number of hydrogen-bond acceptors (Lipinski definition) is 3. The van der Waals surface area contributed by atoms with E-state index in [-0.39, 0.29) is 34.7 Å². The zero-order valence-corrected chi connectivity index (χ0v) is 15.3. The van der Waals surface area contributed by atoms with Gasteiger partial charge in [-0.05, 0) is 86.0 Å². The Balaban J connectivity index is 1.71. The van der Waals surface area contributed by atoms with Crippen LogP contribution in [-0.2, 0) is 4.79 Å². The maximum Gasteiger partial charge on any atom is 0.155 e. The number of carbonyl (C=O) groups is 1. The van der Waals surface area contributed by atoms with Crippen LogP contribution in [0.15, 0.2) is 11.6 Å². The lowest BCUT2D eigenvalue weighted by Gasteiger charge is -2.60. The molecule has 0 aromatic rings. The Labute approximate surface area is 145 Å². The number of aliphatic hydroxyl groups is 2. The van der Waals surface area contributed by atoms with Gasteiger partial charge >= 0.3 is 0 Å². The molecule has 3 nitrogen and oxygen atoms in total. The van der Waals surface area contributed by atoms with E-state index in [0.717, 1.165) is 32.1 Å². The number of allylic oxidation sites excluding steroid dienone is 1. The van der Waals surface area contributed by atoms with Gasteiger partial charge in [-0.3, -0.25) is 4.79 Å². The van der Waals surface area contributed by atoms with Crippen LogP contribution in [-0.4, -0.2) is 28.2 Å². The molecule has 0 heterocycles. The molecule has 2 N–H and O–H groups in total. The van der Waals surface area contributed by atoms with Crippen LogP contribution in [0.25, 0.3) is 0 Å². The second kappa shape index (κ2) is 5.41. The summed E-state index contributed by atoms with van der Waals surface area (Å²) in [6.45, 7) is 6.54. The highest BCUT2D eigenvalue weighted by Crippen LogP contribution is 2.66. The zero-order valence-electron chi connectivity index (χ0n) is 15.3. The minimum atomic E-state index is -0.308. The van der Waals surface area contributed by atoms with Crippen molar-refractivity contribution in [2.45, 2.75) is 77.9 Å². The predicted octanol–water partition coefficient (Wildman–Crippen LogP) is 3.49. The van der Waals surface area contributed by atoms with E-state index in [4.69, 9.17) is 0 Å². The molecule has 3 heteroatoms. The van der Waals surface area contributed by atoms with Crippen LogP contribution in [0.5, 0.6) is 0 Å². The molecular weight excluding hydrogens is 300 g/mol. The van der Waals surface area contributed by atoms with E-state index in [1.54, 1.807) is 0 Å². The topological polar surface area (TPSA) is 57.5 Å². The molecule has 3 saturated carbocycles. The van der Waals surface area contributed by atoms with Gasteiger partial charge in [-0.1, -0.05) is 19.4 Å². The molecule has 4 unspecified atom stereocenters. The molecule has 0 aromatic carbocycles. The third kappa shape index (κ3) is 2.13. The van der Waals surface area contributed by atoms with Crippen molar-refractivity contribution < 1.29 is 15.0 Å². The number of aliphatic hydroxyl groups excluding tert-OH is 2. The minimum Gasteiger partial charge on any atom is -0.393 e. The molecule has 134 valence electrons. The van der Waals surface area contributed by atoms with Crippen LogP contribution >= 0.6 is 0 Å². The van der Waals surface area contributed by atoms with Gasteiger partial charge in [0.25, 0.3) is 0 Å². The summed E-state index contributed by atoms with van der Waals surface area (Å²) in [5, 5.41) is 21.5. The van der Waals surface area contributed by atoms with Crippen molar-refractivity contribution >= 4 is 5.78 Å². The molecule has 4 rings (SSSR count). The molecule has 0 amide bonds. The summed E-state index contributed by atoms with van der Waals surface area (Å²) < 4.78 is 0. The predicted molar refractivity (Wildman–Crippen MR) is 93.3 cm³/mol. The van der Waals surface area contributed by atoms with Gasteiger partial charge in [0.2, 0.25) is 0 Å². The first-order valence-corrected chi connectivity index (χ1v) is 9.87. The molecule has 0 radical (unpaired) electrons. The van der Waals surface area contributed by atoms with E-state index in [2.05, 4.69) is 13.8 Å². The fourth-order valence-electron chi connectivity index (χ4n) is 7.52. The third-order valence-corrected chi connectivity index (χ3v) is 8.55. The first-order chi connectivity index (χ1) is 11.3. The Morgan fingerprint density at radius 3 is 2.67 bits per heavy atom. The maximum absolute atomic E-state index is 11.9. The molecule has 24 heavy (non-hydrogen) atoms. The highest BCUT2D eigenvalue weighted by Gasteiger charge is 2.62. The van der Waals surface area contributed by atoms with Crippen molar-refractivity contribution in [2.24, 2.45) is 34.5 Å². The van der Waals surface area contributed by atoms with Gasteiger partial charge in [0, 0.05) is 6.42 Å². The molecule has 4 aliphatic carbocycles. The molecule has 0 aromatic heterocycles. The van der Waals surface area contributed by atoms with Crippen LogP contribution in [0, 0.1) is 34.5 Å². The van der Waals surface area contributed by atoms with E-state index in [9.17, 15) is 15.0 Å². The highest BCUT2D eigenvalue weighted by atomic mass is 16.3. The summed E-state index contributed by atoms with van der Waals surface area (Å²) in [4.78, 5) is 11.9. The molecule has 3 fully saturated rings. The quantitative estimate of drug-likeness (QED) is 0.773. The van der Waals surface area contributed by atoms with E-state index in [1.807, 2.05) is 13.0 Å². The Kier molecular flexibility index (Phi) is 3.78. The standard InChI is InChI=1S/C21H32O3/c1-12(22)16-6-7-17-15-5-4-13-10-14(23)8-9-20(13,2)19(15)18(24)11-21(16,17)3/h10,12,15-19,22,24H,4-9,11H2,1-3H3/t12?,15?,16-,17?,18+,19?,20+,21-/m1/s1. The van der Waals surface area contributed by atoms with Gasteiger partial charge in [-0.25, -0.2) is 0 Å². The molecule has 0 aliphatic heterocycles. The number of hydrogen-bond donors (Lipinski definition) is 2. The first-order valence-electron chi connectivity index (χ1n) is 9.87. The van der Waals surface area contributed by atoms with E-state index >= 15 is 0 Å². The maximum atomic E-state index is 11.9. The monoisotopic (exact) mass is 332 g/mol. The summed E-state index contributed by atoms with van der Waals surface area (Å²) >= 11 is 0. The van der Waals surface area contributed by atoms with Gasteiger partial charge in [0.1, 0.15) is 0 Å². The largest absolute Gasteiger partial charge is 0.393 e. The van der Waals surface area contributed by atoms with E-state index in [1.165, 1.54) is 12.0 Å². The molecule has 0 bridgehead atoms. The Morgan fingerprint density at radius 2 is 1.96 bits per heavy atom. The van der Waals surface area contributed by atoms with Crippen molar-refractivity contribution in [1.82, 2.24) is 0 Å². The smallest absolute Gasteiger partial charge is 0.155 e. The van der Waals surface area contributed by atoms with Crippen molar-refractivity contribution in [2.75, 3.05) is 0 Å². The lowest BCUT2D eigenvalue weighted by Crippen LogP contribution is -2.57. The fourth-order valence-corrected chi connectivity index (χ4v) is 7.52. The summed E-state index contributed by atoms with van der Waals surface area (Å²) in [7, 11) is 0. The average Bonchev–Trinajstić information content (AvgIpc) is 2.84.